The Balaban J connectivity index is 1.88. The normalized spacial score (nSPS) is 22.5. The van der Waals surface area contributed by atoms with Crippen LogP contribution in [-0.4, -0.2) is 29.0 Å². The van der Waals surface area contributed by atoms with Crippen LogP contribution in [0.4, 0.5) is 0 Å². The van der Waals surface area contributed by atoms with E-state index in [1.807, 2.05) is 0 Å². The molecule has 2 heterocycles. The predicted octanol–water partition coefficient (Wildman–Crippen LogP) is 2.07. The highest BCUT2D eigenvalue weighted by molar-refractivity contribution is 8.00. The molecule has 2 rings (SSSR count). The van der Waals surface area contributed by atoms with Crippen LogP contribution in [0.25, 0.3) is 0 Å². The van der Waals surface area contributed by atoms with Gasteiger partial charge in [-0.15, -0.1) is 0 Å². The molecule has 0 spiro atoms. The zero-order valence-electron chi connectivity index (χ0n) is 9.82. The molecule has 90 valence electrons. The molecule has 1 unspecified atom stereocenters. The topological polar surface area (TPSA) is 42.4 Å². The molecule has 1 fully saturated rings. The van der Waals surface area contributed by atoms with E-state index in [0.717, 1.165) is 23.1 Å². The number of rotatable bonds is 4. The first-order chi connectivity index (χ1) is 7.81. The molecule has 1 saturated heterocycles. The maximum absolute atomic E-state index is 5.56. The number of furan rings is 1. The molecule has 3 nitrogen and oxygen atoms in total. The fourth-order valence-electron chi connectivity index (χ4n) is 2.01. The molecule has 0 amide bonds. The molecule has 16 heavy (non-hydrogen) atoms. The summed E-state index contributed by atoms with van der Waals surface area (Å²) in [5, 5.41) is 0.790. The van der Waals surface area contributed by atoms with Gasteiger partial charge in [0.25, 0.3) is 0 Å². The van der Waals surface area contributed by atoms with Crippen molar-refractivity contribution in [3.63, 3.8) is 0 Å². The summed E-state index contributed by atoms with van der Waals surface area (Å²) >= 11 is 2.09. The van der Waals surface area contributed by atoms with E-state index in [4.69, 9.17) is 10.2 Å². The molecule has 2 N–H and O–H groups in total. The Morgan fingerprint density at radius 3 is 3.19 bits per heavy atom. The van der Waals surface area contributed by atoms with Crippen LogP contribution in [0, 0.1) is 0 Å². The van der Waals surface area contributed by atoms with E-state index in [9.17, 15) is 0 Å². The molecule has 0 bridgehead atoms. The lowest BCUT2D eigenvalue weighted by molar-refractivity contribution is 0.250. The quantitative estimate of drug-likeness (QED) is 0.875. The number of thioether (sulfide) groups is 1. The van der Waals surface area contributed by atoms with Crippen LogP contribution in [0.2, 0.25) is 0 Å². The maximum Gasteiger partial charge on any atom is 0.118 e. The van der Waals surface area contributed by atoms with Crippen LogP contribution >= 0.6 is 11.8 Å². The van der Waals surface area contributed by atoms with Crippen molar-refractivity contribution in [1.82, 2.24) is 4.90 Å². The van der Waals surface area contributed by atoms with Crippen LogP contribution in [-0.2, 0) is 13.1 Å². The highest BCUT2D eigenvalue weighted by atomic mass is 32.2. The second-order valence-electron chi connectivity index (χ2n) is 4.26. The molecule has 0 aliphatic carbocycles. The van der Waals surface area contributed by atoms with Gasteiger partial charge in [-0.05, 0) is 12.5 Å². The molecule has 1 aromatic heterocycles. The fourth-order valence-corrected chi connectivity index (χ4v) is 3.26. The van der Waals surface area contributed by atoms with E-state index in [1.165, 1.54) is 25.3 Å². The Bertz CT molecular complexity index is 327. The summed E-state index contributed by atoms with van der Waals surface area (Å²) < 4.78 is 5.50. The minimum Gasteiger partial charge on any atom is -0.468 e. The third-order valence-corrected chi connectivity index (χ3v) is 4.37. The minimum atomic E-state index is 0.566. The molecule has 1 aliphatic heterocycles. The molecule has 4 heteroatoms. The fraction of sp³-hybridized carbons (Fsp3) is 0.667. The molecule has 0 aromatic carbocycles. The zero-order valence-corrected chi connectivity index (χ0v) is 10.6. The smallest absolute Gasteiger partial charge is 0.118 e. The Morgan fingerprint density at radius 2 is 2.50 bits per heavy atom. The van der Waals surface area contributed by atoms with Crippen molar-refractivity contribution in [2.45, 2.75) is 31.7 Å². The highest BCUT2D eigenvalue weighted by Crippen LogP contribution is 2.22. The number of nitrogens with zero attached hydrogens (tertiary/aromatic N) is 1. The molecular weight excluding hydrogens is 220 g/mol. The van der Waals surface area contributed by atoms with E-state index in [1.54, 1.807) is 6.26 Å². The third-order valence-electron chi connectivity index (χ3n) is 3.00. The van der Waals surface area contributed by atoms with Gasteiger partial charge in [-0.3, -0.25) is 4.90 Å². The summed E-state index contributed by atoms with van der Waals surface area (Å²) in [6.07, 6.45) is 3.03. The van der Waals surface area contributed by atoms with Gasteiger partial charge in [0.15, 0.2) is 0 Å². The van der Waals surface area contributed by atoms with Crippen LogP contribution < -0.4 is 5.73 Å². The Labute approximate surface area is 101 Å². The molecule has 1 atom stereocenters. The number of nitrogens with two attached hydrogens (primary N) is 1. The van der Waals surface area contributed by atoms with Crippen LogP contribution in [0.15, 0.2) is 16.7 Å². The van der Waals surface area contributed by atoms with Gasteiger partial charge >= 0.3 is 0 Å². The van der Waals surface area contributed by atoms with Crippen LogP contribution in [0.1, 0.15) is 24.7 Å². The average molecular weight is 240 g/mol. The Hall–Kier alpha value is -0.450. The van der Waals surface area contributed by atoms with Crippen LogP contribution in [0.3, 0.4) is 0 Å². The second-order valence-corrected chi connectivity index (χ2v) is 5.67. The number of hydrogen-bond acceptors (Lipinski definition) is 4. The van der Waals surface area contributed by atoms with Crippen molar-refractivity contribution < 1.29 is 4.42 Å². The summed E-state index contributed by atoms with van der Waals surface area (Å²) in [5.41, 5.74) is 6.65. The first kappa shape index (κ1) is 12.0. The van der Waals surface area contributed by atoms with Gasteiger partial charge in [0.1, 0.15) is 5.76 Å². The standard InChI is InChI=1S/C12H20N2OS/c1-2-12-8-14(3-4-16-12)7-11-5-10(6-13)9-15-11/h5,9,12H,2-4,6-8,13H2,1H3. The largest absolute Gasteiger partial charge is 0.468 e. The van der Waals surface area contributed by atoms with Crippen molar-refractivity contribution in [2.75, 3.05) is 18.8 Å². The van der Waals surface area contributed by atoms with Crippen molar-refractivity contribution in [3.05, 3.63) is 23.7 Å². The third kappa shape index (κ3) is 3.03. The van der Waals surface area contributed by atoms with E-state index < -0.39 is 0 Å². The monoisotopic (exact) mass is 240 g/mol. The second kappa shape index (κ2) is 5.75. The van der Waals surface area contributed by atoms with Crippen LogP contribution in [0.5, 0.6) is 0 Å². The Morgan fingerprint density at radius 1 is 1.62 bits per heavy atom. The van der Waals surface area contributed by atoms with E-state index >= 15 is 0 Å². The minimum absolute atomic E-state index is 0.566. The molecular formula is C12H20N2OS. The average Bonchev–Trinajstić information content (AvgIpc) is 2.77. The van der Waals surface area contributed by atoms with Crippen molar-refractivity contribution in [2.24, 2.45) is 5.73 Å². The van der Waals surface area contributed by atoms with E-state index in [0.29, 0.717) is 6.54 Å². The van der Waals surface area contributed by atoms with Crippen molar-refractivity contribution >= 4 is 11.8 Å². The van der Waals surface area contributed by atoms with Gasteiger partial charge in [0, 0.05) is 36.2 Å². The van der Waals surface area contributed by atoms with Crippen molar-refractivity contribution in [3.8, 4) is 0 Å². The lowest BCUT2D eigenvalue weighted by Gasteiger charge is -2.31. The lowest BCUT2D eigenvalue weighted by Crippen LogP contribution is -2.36. The molecule has 0 radical (unpaired) electrons. The first-order valence-corrected chi connectivity index (χ1v) is 6.97. The van der Waals surface area contributed by atoms with Gasteiger partial charge in [-0.25, -0.2) is 0 Å². The summed E-state index contributed by atoms with van der Waals surface area (Å²) in [6.45, 7) is 6.11. The summed E-state index contributed by atoms with van der Waals surface area (Å²) in [5.74, 6) is 2.28. The SMILES string of the molecule is CCC1CN(Cc2cc(CN)co2)CCS1. The van der Waals surface area contributed by atoms with Gasteiger partial charge in [-0.2, -0.15) is 11.8 Å². The zero-order chi connectivity index (χ0) is 11.4. The number of hydrogen-bond donors (Lipinski definition) is 1. The predicted molar refractivity (Wildman–Crippen MR) is 68.4 cm³/mol. The van der Waals surface area contributed by atoms with Crippen molar-refractivity contribution in [1.29, 1.82) is 0 Å². The molecule has 1 aliphatic rings. The van der Waals surface area contributed by atoms with E-state index in [2.05, 4.69) is 29.7 Å². The summed E-state index contributed by atoms with van der Waals surface area (Å²) in [4.78, 5) is 2.48. The lowest BCUT2D eigenvalue weighted by atomic mass is 10.2. The van der Waals surface area contributed by atoms with Gasteiger partial charge in [0.2, 0.25) is 0 Å². The van der Waals surface area contributed by atoms with Gasteiger partial charge in [-0.1, -0.05) is 6.92 Å². The van der Waals surface area contributed by atoms with E-state index in [-0.39, 0.29) is 0 Å². The Kier molecular flexibility index (Phi) is 4.32. The molecule has 0 saturated carbocycles. The maximum atomic E-state index is 5.56. The summed E-state index contributed by atoms with van der Waals surface area (Å²) in [6, 6.07) is 2.07. The highest BCUT2D eigenvalue weighted by Gasteiger charge is 2.19. The van der Waals surface area contributed by atoms with Gasteiger partial charge in [0.05, 0.1) is 12.8 Å². The van der Waals surface area contributed by atoms with Gasteiger partial charge < -0.3 is 10.2 Å². The molecule has 1 aromatic rings. The first-order valence-electron chi connectivity index (χ1n) is 5.92. The summed E-state index contributed by atoms with van der Waals surface area (Å²) in [7, 11) is 0.